The molecule has 0 spiro atoms. The second-order valence-corrected chi connectivity index (χ2v) is 9.13. The fraction of sp³-hybridized carbons (Fsp3) is 0.250. The minimum atomic E-state index is -3.89. The number of hydrogen-bond donors (Lipinski definition) is 1. The molecule has 3 rings (SSSR count). The van der Waals surface area contributed by atoms with Gasteiger partial charge in [0.25, 0.3) is 5.91 Å². The summed E-state index contributed by atoms with van der Waals surface area (Å²) in [7, 11) is -3.89. The maximum Gasteiger partial charge on any atom is 0.409 e. The average molecular weight is 448 g/mol. The summed E-state index contributed by atoms with van der Waals surface area (Å²) in [4.78, 5) is 26.1. The number of likely N-dealkylation sites (tertiary alicyclic amines) is 1. The van der Waals surface area contributed by atoms with E-state index in [1.165, 1.54) is 17.0 Å². The third kappa shape index (κ3) is 4.56. The van der Waals surface area contributed by atoms with Crippen molar-refractivity contribution in [1.29, 1.82) is 5.26 Å². The number of sulfone groups is 1. The zero-order valence-electron chi connectivity index (χ0n) is 15.7. The number of halogens is 1. The van der Waals surface area contributed by atoms with E-state index in [2.05, 4.69) is 5.32 Å². The highest BCUT2D eigenvalue weighted by Gasteiger charge is 2.44. The van der Waals surface area contributed by atoms with Crippen LogP contribution in [0.2, 0.25) is 5.02 Å². The second kappa shape index (κ2) is 9.15. The van der Waals surface area contributed by atoms with Gasteiger partial charge in [-0.25, -0.2) is 13.2 Å². The molecule has 30 heavy (non-hydrogen) atoms. The molecule has 0 unspecified atom stereocenters. The molecule has 0 aromatic heterocycles. The monoisotopic (exact) mass is 447 g/mol. The van der Waals surface area contributed by atoms with Crippen molar-refractivity contribution in [1.82, 2.24) is 10.2 Å². The predicted molar refractivity (Wildman–Crippen MR) is 108 cm³/mol. The van der Waals surface area contributed by atoms with Crippen LogP contribution in [-0.4, -0.2) is 49.9 Å². The third-order valence-electron chi connectivity index (χ3n) is 4.63. The molecule has 0 saturated carbocycles. The largest absolute Gasteiger partial charge is 0.425 e. The lowest BCUT2D eigenvalue weighted by molar-refractivity contribution is 0.0147. The third-order valence-corrected chi connectivity index (χ3v) is 7.26. The van der Waals surface area contributed by atoms with Crippen LogP contribution >= 0.6 is 11.6 Å². The van der Waals surface area contributed by atoms with Gasteiger partial charge < -0.3 is 15.0 Å². The van der Waals surface area contributed by atoms with Crippen LogP contribution in [0.1, 0.15) is 16.8 Å². The summed E-state index contributed by atoms with van der Waals surface area (Å²) in [6, 6.07) is 16.1. The molecule has 1 N–H and O–H groups in total. The molecule has 2 aromatic rings. The van der Waals surface area contributed by atoms with Crippen molar-refractivity contribution in [3.8, 4) is 6.07 Å². The zero-order valence-corrected chi connectivity index (χ0v) is 17.3. The number of amides is 2. The molecule has 1 heterocycles. The number of nitrogens with zero attached hydrogens (tertiary/aromatic N) is 2. The Balaban J connectivity index is 1.89. The number of benzene rings is 2. The summed E-state index contributed by atoms with van der Waals surface area (Å²) in [5.41, 5.74) is 0.333. The van der Waals surface area contributed by atoms with Crippen LogP contribution < -0.4 is 5.32 Å². The van der Waals surface area contributed by atoms with E-state index < -0.39 is 33.3 Å². The number of alkyl carbamates (subject to hydrolysis) is 1. The van der Waals surface area contributed by atoms with Crippen LogP contribution in [0.4, 0.5) is 4.79 Å². The molecule has 0 aliphatic carbocycles. The quantitative estimate of drug-likeness (QED) is 0.704. The van der Waals surface area contributed by atoms with Crippen LogP contribution in [0.3, 0.4) is 0 Å². The summed E-state index contributed by atoms with van der Waals surface area (Å²) in [5, 5.41) is 9.87. The molecule has 1 aliphatic rings. The van der Waals surface area contributed by atoms with Gasteiger partial charge in [-0.3, -0.25) is 4.79 Å². The van der Waals surface area contributed by atoms with Gasteiger partial charge >= 0.3 is 6.09 Å². The topological polar surface area (TPSA) is 117 Å². The van der Waals surface area contributed by atoms with Gasteiger partial charge in [-0.15, -0.1) is 0 Å². The lowest BCUT2D eigenvalue weighted by Gasteiger charge is -2.24. The SMILES string of the molecule is N#CCNC(=O)O[C@H]1C[C@@H](S(=O)(=O)c2ccccc2Cl)CN1C(=O)c1ccccc1. The summed E-state index contributed by atoms with van der Waals surface area (Å²) >= 11 is 6.07. The first-order valence-electron chi connectivity index (χ1n) is 9.00. The Morgan fingerprint density at radius 3 is 2.50 bits per heavy atom. The Kier molecular flexibility index (Phi) is 6.59. The van der Waals surface area contributed by atoms with Crippen LogP contribution in [-0.2, 0) is 14.6 Å². The van der Waals surface area contributed by atoms with E-state index in [1.54, 1.807) is 48.5 Å². The number of nitriles is 1. The fourth-order valence-corrected chi connectivity index (χ4v) is 5.39. The number of nitrogens with one attached hydrogen (secondary N) is 1. The van der Waals surface area contributed by atoms with Gasteiger partial charge in [-0.1, -0.05) is 41.9 Å². The van der Waals surface area contributed by atoms with Gasteiger partial charge in [-0.2, -0.15) is 5.26 Å². The Hall–Kier alpha value is -3.09. The van der Waals surface area contributed by atoms with Gasteiger partial charge in [0, 0.05) is 18.5 Å². The molecule has 2 amide bonds. The molecule has 1 fully saturated rings. The molecule has 0 bridgehead atoms. The van der Waals surface area contributed by atoms with E-state index in [9.17, 15) is 18.0 Å². The molecular formula is C20H18ClN3O5S. The average Bonchev–Trinajstić information content (AvgIpc) is 3.17. The van der Waals surface area contributed by atoms with Crippen molar-refractivity contribution in [3.05, 3.63) is 65.2 Å². The van der Waals surface area contributed by atoms with E-state index in [0.29, 0.717) is 5.56 Å². The number of rotatable bonds is 5. The summed E-state index contributed by atoms with van der Waals surface area (Å²) in [6.07, 6.45) is -2.14. The van der Waals surface area contributed by atoms with Crippen LogP contribution in [0, 0.1) is 11.3 Å². The summed E-state index contributed by atoms with van der Waals surface area (Å²) in [6.45, 7) is -0.447. The van der Waals surface area contributed by atoms with Gasteiger partial charge in [0.15, 0.2) is 16.1 Å². The van der Waals surface area contributed by atoms with Gasteiger partial charge in [0.2, 0.25) is 0 Å². The first-order valence-corrected chi connectivity index (χ1v) is 10.9. The predicted octanol–water partition coefficient (Wildman–Crippen LogP) is 2.60. The van der Waals surface area contributed by atoms with Gasteiger partial charge in [0.1, 0.15) is 6.54 Å². The molecule has 0 radical (unpaired) electrons. The first-order chi connectivity index (χ1) is 14.3. The standard InChI is InChI=1S/C20H18ClN3O5S/c21-16-8-4-5-9-17(16)30(27,28)15-12-18(29-20(26)23-11-10-22)24(13-15)19(25)14-6-2-1-3-7-14/h1-9,15,18H,11-13H2,(H,23,26)/t15-,18+/m1/s1. The minimum Gasteiger partial charge on any atom is -0.425 e. The highest BCUT2D eigenvalue weighted by atomic mass is 35.5. The van der Waals surface area contributed by atoms with Crippen molar-refractivity contribution in [2.45, 2.75) is 22.8 Å². The van der Waals surface area contributed by atoms with Crippen molar-refractivity contribution in [3.63, 3.8) is 0 Å². The highest BCUT2D eigenvalue weighted by Crippen LogP contribution is 2.32. The second-order valence-electron chi connectivity index (χ2n) is 6.53. The maximum absolute atomic E-state index is 13.1. The molecule has 1 saturated heterocycles. The summed E-state index contributed by atoms with van der Waals surface area (Å²) < 4.78 is 31.6. The maximum atomic E-state index is 13.1. The lowest BCUT2D eigenvalue weighted by atomic mass is 10.2. The molecule has 1 aliphatic heterocycles. The number of ether oxygens (including phenoxy) is 1. The molecule has 156 valence electrons. The summed E-state index contributed by atoms with van der Waals surface area (Å²) in [5.74, 6) is -0.467. The van der Waals surface area contributed by atoms with E-state index in [4.69, 9.17) is 21.6 Å². The van der Waals surface area contributed by atoms with E-state index in [1.807, 2.05) is 0 Å². The molecular weight excluding hydrogens is 430 g/mol. The zero-order chi connectivity index (χ0) is 21.7. The molecule has 8 nitrogen and oxygen atoms in total. The Morgan fingerprint density at radius 1 is 1.17 bits per heavy atom. The number of carbonyl (C=O) groups is 2. The Labute approximate surface area is 178 Å². The van der Waals surface area contributed by atoms with Crippen molar-refractivity contribution >= 4 is 33.4 Å². The van der Waals surface area contributed by atoms with Crippen molar-refractivity contribution in [2.75, 3.05) is 13.1 Å². The number of carbonyl (C=O) groups excluding carboxylic acids is 2. The molecule has 2 atom stereocenters. The first kappa shape index (κ1) is 21.6. The van der Waals surface area contributed by atoms with E-state index >= 15 is 0 Å². The Morgan fingerprint density at radius 2 is 1.83 bits per heavy atom. The number of hydrogen-bond acceptors (Lipinski definition) is 6. The Bertz CT molecular complexity index is 1090. The van der Waals surface area contributed by atoms with E-state index in [0.717, 1.165) is 0 Å². The van der Waals surface area contributed by atoms with Gasteiger partial charge in [-0.05, 0) is 24.3 Å². The van der Waals surface area contributed by atoms with Crippen LogP contribution in [0.5, 0.6) is 0 Å². The van der Waals surface area contributed by atoms with Crippen molar-refractivity contribution in [2.24, 2.45) is 0 Å². The van der Waals surface area contributed by atoms with E-state index in [-0.39, 0.29) is 29.4 Å². The van der Waals surface area contributed by atoms with Crippen LogP contribution in [0.15, 0.2) is 59.5 Å². The lowest BCUT2D eigenvalue weighted by Crippen LogP contribution is -2.41. The minimum absolute atomic E-state index is 0.0432. The van der Waals surface area contributed by atoms with Gasteiger partial charge in [0.05, 0.1) is 21.2 Å². The molecule has 2 aromatic carbocycles. The molecule has 10 heteroatoms. The van der Waals surface area contributed by atoms with Crippen LogP contribution in [0.25, 0.3) is 0 Å². The normalized spacial score (nSPS) is 18.5. The smallest absolute Gasteiger partial charge is 0.409 e. The fourth-order valence-electron chi connectivity index (χ4n) is 3.19. The van der Waals surface area contributed by atoms with Crippen molar-refractivity contribution < 1.29 is 22.7 Å². The highest BCUT2D eigenvalue weighted by molar-refractivity contribution is 7.92.